The highest BCUT2D eigenvalue weighted by Crippen LogP contribution is 2.30. The Balaban J connectivity index is 1.72. The van der Waals surface area contributed by atoms with E-state index in [0.29, 0.717) is 31.7 Å². The second kappa shape index (κ2) is 9.08. The molecule has 1 aliphatic rings. The maximum Gasteiger partial charge on any atom is 0.410 e. The van der Waals surface area contributed by atoms with Gasteiger partial charge in [-0.15, -0.1) is 0 Å². The minimum atomic E-state index is -0.504. The highest BCUT2D eigenvalue weighted by Gasteiger charge is 2.27. The maximum absolute atomic E-state index is 12.8. The third kappa shape index (κ3) is 5.53. The molecule has 3 rings (SSSR count). The lowest BCUT2D eigenvalue weighted by atomic mass is 10.1. The molecule has 6 nitrogen and oxygen atoms in total. The fraction of sp³-hybridized carbons (Fsp3) is 0.391. The third-order valence-electron chi connectivity index (χ3n) is 4.88. The van der Waals surface area contributed by atoms with Crippen LogP contribution in [0.5, 0.6) is 0 Å². The standard InChI is InChI=1S/C23H28BrN3O3/c1-16-19(24)14-17(21(28)25-18-8-6-5-7-9-18)15-20(16)26-10-12-27(13-11-26)22(29)30-23(2,3)4/h5-9,14-15H,10-13H2,1-4H3,(H,25,28). The third-order valence-corrected chi connectivity index (χ3v) is 5.71. The van der Waals surface area contributed by atoms with Crippen molar-refractivity contribution in [1.29, 1.82) is 0 Å². The second-order valence-corrected chi connectivity index (χ2v) is 9.23. The van der Waals surface area contributed by atoms with E-state index in [1.54, 1.807) is 4.90 Å². The Morgan fingerprint density at radius 2 is 1.67 bits per heavy atom. The molecule has 0 atom stereocenters. The summed E-state index contributed by atoms with van der Waals surface area (Å²) in [5.41, 5.74) is 2.90. The SMILES string of the molecule is Cc1c(Br)cc(C(=O)Nc2ccccc2)cc1N1CCN(C(=O)OC(C)(C)C)CC1. The molecule has 2 amide bonds. The van der Waals surface area contributed by atoms with E-state index < -0.39 is 5.60 Å². The summed E-state index contributed by atoms with van der Waals surface area (Å²) >= 11 is 3.59. The van der Waals surface area contributed by atoms with Crippen LogP contribution in [0.1, 0.15) is 36.7 Å². The predicted molar refractivity (Wildman–Crippen MR) is 123 cm³/mol. The van der Waals surface area contributed by atoms with Crippen molar-refractivity contribution in [2.45, 2.75) is 33.3 Å². The fourth-order valence-electron chi connectivity index (χ4n) is 3.31. The van der Waals surface area contributed by atoms with Gasteiger partial charge in [-0.05, 0) is 57.5 Å². The van der Waals surface area contributed by atoms with Gasteiger partial charge < -0.3 is 19.9 Å². The number of nitrogens with one attached hydrogen (secondary N) is 1. The highest BCUT2D eigenvalue weighted by atomic mass is 79.9. The molecule has 1 N–H and O–H groups in total. The number of carbonyl (C=O) groups excluding carboxylic acids is 2. The van der Waals surface area contributed by atoms with Crippen molar-refractivity contribution in [3.8, 4) is 0 Å². The first-order chi connectivity index (χ1) is 14.1. The number of piperazine rings is 1. The summed E-state index contributed by atoms with van der Waals surface area (Å²) < 4.78 is 6.36. The molecule has 0 aliphatic carbocycles. The van der Waals surface area contributed by atoms with Crippen LogP contribution in [0.25, 0.3) is 0 Å². The van der Waals surface area contributed by atoms with E-state index in [4.69, 9.17) is 4.74 Å². The smallest absolute Gasteiger partial charge is 0.410 e. The van der Waals surface area contributed by atoms with E-state index in [-0.39, 0.29) is 12.0 Å². The molecule has 30 heavy (non-hydrogen) atoms. The number of hydrogen-bond acceptors (Lipinski definition) is 4. The number of ether oxygens (including phenoxy) is 1. The van der Waals surface area contributed by atoms with Crippen molar-refractivity contribution in [3.63, 3.8) is 0 Å². The Bertz CT molecular complexity index is 917. The van der Waals surface area contributed by atoms with Crippen molar-refractivity contribution in [1.82, 2.24) is 4.90 Å². The fourth-order valence-corrected chi connectivity index (χ4v) is 3.75. The molecule has 0 bridgehead atoms. The number of para-hydroxylation sites is 1. The largest absolute Gasteiger partial charge is 0.444 e. The van der Waals surface area contributed by atoms with Gasteiger partial charge in [0.25, 0.3) is 5.91 Å². The number of hydrogen-bond donors (Lipinski definition) is 1. The van der Waals surface area contributed by atoms with Crippen molar-refractivity contribution in [2.75, 3.05) is 36.4 Å². The van der Waals surface area contributed by atoms with Crippen LogP contribution in [-0.2, 0) is 4.74 Å². The highest BCUT2D eigenvalue weighted by molar-refractivity contribution is 9.10. The molecule has 0 radical (unpaired) electrons. The van der Waals surface area contributed by atoms with Crippen LogP contribution in [0.4, 0.5) is 16.2 Å². The molecular weight excluding hydrogens is 446 g/mol. The van der Waals surface area contributed by atoms with E-state index in [0.717, 1.165) is 21.4 Å². The first-order valence-electron chi connectivity index (χ1n) is 10.0. The summed E-state index contributed by atoms with van der Waals surface area (Å²) in [5, 5.41) is 2.93. The number of benzene rings is 2. The van der Waals surface area contributed by atoms with E-state index in [1.807, 2.05) is 70.2 Å². The van der Waals surface area contributed by atoms with E-state index in [2.05, 4.69) is 26.1 Å². The molecule has 1 heterocycles. The molecule has 0 aromatic heterocycles. The summed E-state index contributed by atoms with van der Waals surface area (Å²) in [4.78, 5) is 29.0. The molecular formula is C23H28BrN3O3. The Morgan fingerprint density at radius 3 is 2.27 bits per heavy atom. The molecule has 1 fully saturated rings. The van der Waals surface area contributed by atoms with Gasteiger partial charge in [0.2, 0.25) is 0 Å². The van der Waals surface area contributed by atoms with Gasteiger partial charge in [0.1, 0.15) is 5.60 Å². The van der Waals surface area contributed by atoms with Crippen molar-refractivity contribution in [2.24, 2.45) is 0 Å². The van der Waals surface area contributed by atoms with Gasteiger partial charge in [-0.2, -0.15) is 0 Å². The normalized spacial score (nSPS) is 14.4. The summed E-state index contributed by atoms with van der Waals surface area (Å²) in [7, 11) is 0. The minimum Gasteiger partial charge on any atom is -0.444 e. The number of nitrogens with zero attached hydrogens (tertiary/aromatic N) is 2. The second-order valence-electron chi connectivity index (χ2n) is 8.38. The number of carbonyl (C=O) groups is 2. The Morgan fingerprint density at radius 1 is 1.03 bits per heavy atom. The molecule has 160 valence electrons. The van der Waals surface area contributed by atoms with E-state index in [1.165, 1.54) is 0 Å². The van der Waals surface area contributed by atoms with Crippen molar-refractivity contribution < 1.29 is 14.3 Å². The summed E-state index contributed by atoms with van der Waals surface area (Å²) in [6.07, 6.45) is -0.281. The molecule has 1 aliphatic heterocycles. The monoisotopic (exact) mass is 473 g/mol. The van der Waals surface area contributed by atoms with Crippen LogP contribution in [0.3, 0.4) is 0 Å². The zero-order chi connectivity index (χ0) is 21.9. The van der Waals surface area contributed by atoms with Crippen LogP contribution in [0.2, 0.25) is 0 Å². The molecule has 0 unspecified atom stereocenters. The van der Waals surface area contributed by atoms with Gasteiger partial charge in [-0.3, -0.25) is 4.79 Å². The number of halogens is 1. The van der Waals surface area contributed by atoms with Crippen molar-refractivity contribution >= 4 is 39.3 Å². The van der Waals surface area contributed by atoms with E-state index in [9.17, 15) is 9.59 Å². The predicted octanol–water partition coefficient (Wildman–Crippen LogP) is 5.07. The summed E-state index contributed by atoms with van der Waals surface area (Å²) in [5.74, 6) is -0.157. The minimum absolute atomic E-state index is 0.157. The topological polar surface area (TPSA) is 61.9 Å². The zero-order valence-corrected chi connectivity index (χ0v) is 19.5. The average Bonchev–Trinajstić information content (AvgIpc) is 2.69. The van der Waals surface area contributed by atoms with Gasteiger partial charge in [0, 0.05) is 47.6 Å². The maximum atomic E-state index is 12.8. The Labute approximate surface area is 186 Å². The molecule has 0 saturated carbocycles. The van der Waals surface area contributed by atoms with Gasteiger partial charge in [0.05, 0.1) is 0 Å². The lowest BCUT2D eigenvalue weighted by Crippen LogP contribution is -2.50. The number of rotatable bonds is 3. The van der Waals surface area contributed by atoms with Crippen LogP contribution in [0, 0.1) is 6.92 Å². The van der Waals surface area contributed by atoms with Crippen molar-refractivity contribution in [3.05, 3.63) is 58.1 Å². The van der Waals surface area contributed by atoms with Crippen LogP contribution < -0.4 is 10.2 Å². The summed E-state index contributed by atoms with van der Waals surface area (Å²) in [6.45, 7) is 10.1. The van der Waals surface area contributed by atoms with Crippen LogP contribution >= 0.6 is 15.9 Å². The lowest BCUT2D eigenvalue weighted by Gasteiger charge is -2.37. The Hall–Kier alpha value is -2.54. The molecule has 2 aromatic carbocycles. The first-order valence-corrected chi connectivity index (χ1v) is 10.8. The van der Waals surface area contributed by atoms with E-state index >= 15 is 0 Å². The van der Waals surface area contributed by atoms with Gasteiger partial charge in [0.15, 0.2) is 0 Å². The van der Waals surface area contributed by atoms with Crippen LogP contribution in [-0.4, -0.2) is 48.7 Å². The van der Waals surface area contributed by atoms with Crippen LogP contribution in [0.15, 0.2) is 46.9 Å². The quantitative estimate of drug-likeness (QED) is 0.675. The molecule has 2 aromatic rings. The molecule has 1 saturated heterocycles. The Kier molecular flexibility index (Phi) is 6.71. The van der Waals surface area contributed by atoms with Gasteiger partial charge in [-0.1, -0.05) is 34.1 Å². The first kappa shape index (κ1) is 22.2. The molecule has 7 heteroatoms. The molecule has 0 spiro atoms. The average molecular weight is 474 g/mol. The lowest BCUT2D eigenvalue weighted by molar-refractivity contribution is 0.0240. The number of amides is 2. The summed E-state index contributed by atoms with van der Waals surface area (Å²) in [6, 6.07) is 13.2. The number of anilines is 2. The van der Waals surface area contributed by atoms with Gasteiger partial charge >= 0.3 is 6.09 Å². The van der Waals surface area contributed by atoms with Gasteiger partial charge in [-0.25, -0.2) is 4.79 Å². The zero-order valence-electron chi connectivity index (χ0n) is 17.9.